The maximum atomic E-state index is 4.34. The molecule has 84 valence electrons. The summed E-state index contributed by atoms with van der Waals surface area (Å²) in [7, 11) is 0. The van der Waals surface area contributed by atoms with Crippen LogP contribution in [-0.4, -0.2) is 0 Å². The van der Waals surface area contributed by atoms with Crippen molar-refractivity contribution in [3.63, 3.8) is 0 Å². The minimum atomic E-state index is 0.539. The molecule has 0 aromatic heterocycles. The molecule has 2 aliphatic carbocycles. The first-order chi connectivity index (χ1) is 7.04. The molecule has 0 aliphatic heterocycles. The van der Waals surface area contributed by atoms with E-state index in [1.54, 1.807) is 0 Å². The van der Waals surface area contributed by atoms with Crippen LogP contribution in [0.3, 0.4) is 0 Å². The molecule has 0 radical (unpaired) electrons. The smallest absolute Gasteiger partial charge is 0.00865 e. The first-order valence-corrected chi connectivity index (χ1v) is 6.38. The van der Waals surface area contributed by atoms with E-state index in [1.807, 2.05) is 0 Å². The number of fused-ring (bicyclic) bond motifs is 1. The quantitative estimate of drug-likeness (QED) is 0.542. The van der Waals surface area contributed by atoms with E-state index in [0.29, 0.717) is 5.41 Å². The van der Waals surface area contributed by atoms with E-state index in [1.165, 1.54) is 49.7 Å². The largest absolute Gasteiger partial charge is 0.0998 e. The molecule has 0 heteroatoms. The molecular weight excluding hydrogens is 180 g/mol. The van der Waals surface area contributed by atoms with Crippen molar-refractivity contribution in [2.45, 2.75) is 52.4 Å². The third kappa shape index (κ3) is 1.79. The second-order valence-corrected chi connectivity index (χ2v) is 5.99. The Hall–Kier alpha value is -0.520. The summed E-state index contributed by atoms with van der Waals surface area (Å²) >= 11 is 0. The molecule has 0 aromatic rings. The van der Waals surface area contributed by atoms with Crippen LogP contribution in [0.5, 0.6) is 0 Å². The summed E-state index contributed by atoms with van der Waals surface area (Å²) < 4.78 is 0. The van der Waals surface area contributed by atoms with Crippen LogP contribution >= 0.6 is 0 Å². The molecule has 0 heterocycles. The summed E-state index contributed by atoms with van der Waals surface area (Å²) in [5.74, 6) is 1.45. The van der Waals surface area contributed by atoms with Crippen molar-refractivity contribution in [2.24, 2.45) is 17.3 Å². The molecule has 15 heavy (non-hydrogen) atoms. The van der Waals surface area contributed by atoms with Gasteiger partial charge in [0.15, 0.2) is 0 Å². The number of hydrogen-bond donors (Lipinski definition) is 0. The molecule has 0 N–H and O–H groups in total. The van der Waals surface area contributed by atoms with Gasteiger partial charge in [0.2, 0.25) is 0 Å². The van der Waals surface area contributed by atoms with Gasteiger partial charge < -0.3 is 0 Å². The second kappa shape index (κ2) is 3.81. The Balaban J connectivity index is 2.30. The molecule has 0 bridgehead atoms. The standard InChI is InChI=1S/C15H24/c1-11(2)13-8-6-10-15(4)9-5-7-12(3)14(13)15/h13-14H,1,3,5-10H2,2,4H3/t13-,14-,15-/m0/s1. The summed E-state index contributed by atoms with van der Waals surface area (Å²) in [6.45, 7) is 13.2. The van der Waals surface area contributed by atoms with Gasteiger partial charge in [-0.15, -0.1) is 0 Å². The van der Waals surface area contributed by atoms with Crippen molar-refractivity contribution < 1.29 is 0 Å². The maximum absolute atomic E-state index is 4.34. The van der Waals surface area contributed by atoms with Crippen LogP contribution in [0.2, 0.25) is 0 Å². The highest BCUT2D eigenvalue weighted by Crippen LogP contribution is 2.55. The fraction of sp³-hybridized carbons (Fsp3) is 0.733. The van der Waals surface area contributed by atoms with Crippen LogP contribution in [0.1, 0.15) is 52.4 Å². The van der Waals surface area contributed by atoms with E-state index in [2.05, 4.69) is 27.0 Å². The fourth-order valence-corrected chi connectivity index (χ4v) is 4.00. The van der Waals surface area contributed by atoms with Crippen molar-refractivity contribution in [3.05, 3.63) is 24.3 Å². The normalized spacial score (nSPS) is 41.1. The van der Waals surface area contributed by atoms with Gasteiger partial charge in [-0.25, -0.2) is 0 Å². The molecule has 2 saturated carbocycles. The van der Waals surface area contributed by atoms with E-state index in [-0.39, 0.29) is 0 Å². The molecule has 0 aromatic carbocycles. The third-order valence-electron chi connectivity index (χ3n) is 4.73. The number of hydrogen-bond acceptors (Lipinski definition) is 0. The Labute approximate surface area is 94.5 Å². The zero-order valence-corrected chi connectivity index (χ0v) is 10.3. The fourth-order valence-electron chi connectivity index (χ4n) is 4.00. The van der Waals surface area contributed by atoms with E-state index >= 15 is 0 Å². The number of allylic oxidation sites excluding steroid dienone is 2. The van der Waals surface area contributed by atoms with Crippen molar-refractivity contribution in [1.29, 1.82) is 0 Å². The number of rotatable bonds is 1. The minimum Gasteiger partial charge on any atom is -0.0998 e. The SMILES string of the molecule is C=C(C)[C@@H]1CCC[C@]2(C)CCCC(=C)[C@@H]12. The van der Waals surface area contributed by atoms with Gasteiger partial charge >= 0.3 is 0 Å². The predicted octanol–water partition coefficient (Wildman–Crippen LogP) is 4.73. The summed E-state index contributed by atoms with van der Waals surface area (Å²) in [6, 6.07) is 0. The molecule has 0 nitrogen and oxygen atoms in total. The zero-order chi connectivity index (χ0) is 11.1. The van der Waals surface area contributed by atoms with Crippen molar-refractivity contribution in [1.82, 2.24) is 0 Å². The molecule has 2 aliphatic rings. The summed E-state index contributed by atoms with van der Waals surface area (Å²) in [4.78, 5) is 0. The lowest BCUT2D eigenvalue weighted by Gasteiger charge is -2.50. The molecule has 2 rings (SSSR count). The van der Waals surface area contributed by atoms with E-state index in [9.17, 15) is 0 Å². The van der Waals surface area contributed by atoms with Gasteiger partial charge in [-0.2, -0.15) is 0 Å². The van der Waals surface area contributed by atoms with Crippen LogP contribution in [0, 0.1) is 17.3 Å². The van der Waals surface area contributed by atoms with E-state index in [4.69, 9.17) is 0 Å². The second-order valence-electron chi connectivity index (χ2n) is 5.99. The van der Waals surface area contributed by atoms with Gasteiger partial charge in [-0.1, -0.05) is 37.6 Å². The predicted molar refractivity (Wildman–Crippen MR) is 66.7 cm³/mol. The molecule has 0 unspecified atom stereocenters. The molecule has 0 spiro atoms. The first kappa shape index (κ1) is 11.0. The van der Waals surface area contributed by atoms with Crippen molar-refractivity contribution in [3.8, 4) is 0 Å². The van der Waals surface area contributed by atoms with Gasteiger partial charge in [0.1, 0.15) is 0 Å². The van der Waals surface area contributed by atoms with Crippen molar-refractivity contribution in [2.75, 3.05) is 0 Å². The van der Waals surface area contributed by atoms with Crippen LogP contribution in [-0.2, 0) is 0 Å². The monoisotopic (exact) mass is 204 g/mol. The highest BCUT2D eigenvalue weighted by Gasteiger charge is 2.45. The molecule has 3 atom stereocenters. The average molecular weight is 204 g/mol. The summed E-state index contributed by atoms with van der Waals surface area (Å²) in [5.41, 5.74) is 3.43. The van der Waals surface area contributed by atoms with Crippen LogP contribution < -0.4 is 0 Å². The third-order valence-corrected chi connectivity index (χ3v) is 4.73. The van der Waals surface area contributed by atoms with E-state index < -0.39 is 0 Å². The average Bonchev–Trinajstić information content (AvgIpc) is 2.16. The Bertz CT molecular complexity index is 282. The highest BCUT2D eigenvalue weighted by atomic mass is 14.5. The molecule has 0 saturated heterocycles. The Morgan fingerprint density at radius 3 is 2.67 bits per heavy atom. The van der Waals surface area contributed by atoms with Gasteiger partial charge in [0.05, 0.1) is 0 Å². The van der Waals surface area contributed by atoms with Crippen LogP contribution in [0.15, 0.2) is 24.3 Å². The van der Waals surface area contributed by atoms with E-state index in [0.717, 1.165) is 11.8 Å². The van der Waals surface area contributed by atoms with Crippen LogP contribution in [0.25, 0.3) is 0 Å². The lowest BCUT2D eigenvalue weighted by molar-refractivity contribution is 0.0692. The molecular formula is C15H24. The Kier molecular flexibility index (Phi) is 2.79. The first-order valence-electron chi connectivity index (χ1n) is 6.38. The summed E-state index contributed by atoms with van der Waals surface area (Å²) in [5, 5.41) is 0. The topological polar surface area (TPSA) is 0 Å². The zero-order valence-electron chi connectivity index (χ0n) is 10.3. The van der Waals surface area contributed by atoms with Gasteiger partial charge in [-0.3, -0.25) is 0 Å². The maximum Gasteiger partial charge on any atom is -0.00865 e. The Morgan fingerprint density at radius 1 is 1.33 bits per heavy atom. The van der Waals surface area contributed by atoms with Gasteiger partial charge in [0, 0.05) is 0 Å². The van der Waals surface area contributed by atoms with Crippen LogP contribution in [0.4, 0.5) is 0 Å². The minimum absolute atomic E-state index is 0.539. The van der Waals surface area contributed by atoms with Crippen molar-refractivity contribution >= 4 is 0 Å². The highest BCUT2D eigenvalue weighted by molar-refractivity contribution is 5.19. The molecule has 0 amide bonds. The Morgan fingerprint density at radius 2 is 2.00 bits per heavy atom. The van der Waals surface area contributed by atoms with Gasteiger partial charge in [0.25, 0.3) is 0 Å². The lowest BCUT2D eigenvalue weighted by atomic mass is 9.54. The lowest BCUT2D eigenvalue weighted by Crippen LogP contribution is -2.40. The van der Waals surface area contributed by atoms with Gasteiger partial charge in [-0.05, 0) is 56.3 Å². The molecule has 2 fully saturated rings. The summed E-state index contributed by atoms with van der Waals surface area (Å²) in [6.07, 6.45) is 8.14.